The maximum Gasteiger partial charge on any atom is 0.251 e. The van der Waals surface area contributed by atoms with Crippen LogP contribution in [0.25, 0.3) is 0 Å². The van der Waals surface area contributed by atoms with Gasteiger partial charge in [-0.3, -0.25) is 9.59 Å². The molecule has 0 radical (unpaired) electrons. The Balaban J connectivity index is 1.28. The van der Waals surface area contributed by atoms with Crippen molar-refractivity contribution in [3.8, 4) is 5.75 Å². The zero-order valence-electron chi connectivity index (χ0n) is 17.3. The minimum atomic E-state index is -0.0618. The highest BCUT2D eigenvalue weighted by atomic mass is 16.5. The van der Waals surface area contributed by atoms with E-state index in [1.165, 1.54) is 18.2 Å². The summed E-state index contributed by atoms with van der Waals surface area (Å²) in [4.78, 5) is 26.4. The monoisotopic (exact) mass is 408 g/mol. The molecule has 6 heteroatoms. The van der Waals surface area contributed by atoms with Crippen LogP contribution >= 0.6 is 0 Å². The fourth-order valence-electron chi connectivity index (χ4n) is 4.26. The molecule has 2 aromatic carbocycles. The molecule has 2 amide bonds. The summed E-state index contributed by atoms with van der Waals surface area (Å²) >= 11 is 0. The van der Waals surface area contributed by atoms with Crippen LogP contribution in [0.5, 0.6) is 5.75 Å². The third-order valence-corrected chi connectivity index (χ3v) is 5.92. The number of methoxy groups -OCH3 is 1. The predicted octanol–water partition coefficient (Wildman–Crippen LogP) is 3.12. The van der Waals surface area contributed by atoms with Gasteiger partial charge in [0.2, 0.25) is 5.91 Å². The Morgan fingerprint density at radius 2 is 1.77 bits per heavy atom. The fourth-order valence-corrected chi connectivity index (χ4v) is 4.26. The molecular weight excluding hydrogens is 380 g/mol. The number of nitrogens with one attached hydrogen (secondary N) is 1. The number of hydrogen-bond acceptors (Lipinski definition) is 4. The molecule has 2 aromatic rings. The molecule has 1 heterocycles. The lowest BCUT2D eigenvalue weighted by Crippen LogP contribution is -2.43. The van der Waals surface area contributed by atoms with Crippen molar-refractivity contribution < 1.29 is 19.1 Å². The molecule has 0 bridgehead atoms. The standard InChI is InChI=1S/C24H28N2O4/c1-29-16-23(27)26-14-12-20(13-15-26)30-19-9-6-18(7-10-19)24(28)25-22-11-8-17-4-2-3-5-21(17)22/h2-7,9-10,20,22H,8,11-16H2,1H3,(H,25,28). The van der Waals surface area contributed by atoms with Gasteiger partial charge in [0.1, 0.15) is 18.5 Å². The first-order chi connectivity index (χ1) is 14.6. The number of piperidine rings is 1. The molecule has 4 rings (SSSR count). The van der Waals surface area contributed by atoms with Crippen LogP contribution in [0.4, 0.5) is 0 Å². The molecule has 0 saturated carbocycles. The maximum atomic E-state index is 12.7. The van der Waals surface area contributed by atoms with Crippen LogP contribution in [-0.2, 0) is 16.0 Å². The minimum Gasteiger partial charge on any atom is -0.490 e. The normalized spacial score (nSPS) is 18.7. The summed E-state index contributed by atoms with van der Waals surface area (Å²) in [6.45, 7) is 1.48. The van der Waals surface area contributed by atoms with Crippen molar-refractivity contribution in [1.82, 2.24) is 10.2 Å². The average molecular weight is 408 g/mol. The summed E-state index contributed by atoms with van der Waals surface area (Å²) in [6.07, 6.45) is 3.60. The Kier molecular flexibility index (Phi) is 6.33. The Morgan fingerprint density at radius 3 is 2.50 bits per heavy atom. The molecule has 1 saturated heterocycles. The summed E-state index contributed by atoms with van der Waals surface area (Å²) < 4.78 is 11.0. The van der Waals surface area contributed by atoms with Gasteiger partial charge in [-0.05, 0) is 48.2 Å². The molecule has 0 spiro atoms. The van der Waals surface area contributed by atoms with Crippen molar-refractivity contribution in [3.63, 3.8) is 0 Å². The van der Waals surface area contributed by atoms with Gasteiger partial charge in [0, 0.05) is 38.6 Å². The van der Waals surface area contributed by atoms with Crippen LogP contribution in [0.3, 0.4) is 0 Å². The van der Waals surface area contributed by atoms with Crippen molar-refractivity contribution in [1.29, 1.82) is 0 Å². The first-order valence-corrected chi connectivity index (χ1v) is 10.6. The molecule has 1 unspecified atom stereocenters. The van der Waals surface area contributed by atoms with E-state index in [0.29, 0.717) is 18.7 Å². The van der Waals surface area contributed by atoms with Crippen LogP contribution in [-0.4, -0.2) is 49.6 Å². The number of benzene rings is 2. The molecule has 6 nitrogen and oxygen atoms in total. The van der Waals surface area contributed by atoms with E-state index in [1.807, 2.05) is 41.3 Å². The van der Waals surface area contributed by atoms with E-state index >= 15 is 0 Å². The van der Waals surface area contributed by atoms with Crippen molar-refractivity contribution in [2.45, 2.75) is 37.8 Å². The Hall–Kier alpha value is -2.86. The Labute approximate surface area is 177 Å². The number of fused-ring (bicyclic) bond motifs is 1. The van der Waals surface area contributed by atoms with Gasteiger partial charge in [-0.15, -0.1) is 0 Å². The van der Waals surface area contributed by atoms with E-state index in [0.717, 1.165) is 31.4 Å². The molecule has 1 fully saturated rings. The molecule has 1 N–H and O–H groups in total. The van der Waals surface area contributed by atoms with Crippen molar-refractivity contribution >= 4 is 11.8 Å². The van der Waals surface area contributed by atoms with Gasteiger partial charge in [-0.1, -0.05) is 24.3 Å². The van der Waals surface area contributed by atoms with E-state index in [1.54, 1.807) is 0 Å². The topological polar surface area (TPSA) is 67.9 Å². The van der Waals surface area contributed by atoms with E-state index < -0.39 is 0 Å². The highest BCUT2D eigenvalue weighted by Gasteiger charge is 2.25. The number of likely N-dealkylation sites (tertiary alicyclic amines) is 1. The molecule has 1 atom stereocenters. The highest BCUT2D eigenvalue weighted by Crippen LogP contribution is 2.31. The second-order valence-electron chi connectivity index (χ2n) is 7.92. The van der Waals surface area contributed by atoms with E-state index in [9.17, 15) is 9.59 Å². The molecule has 1 aliphatic carbocycles. The molecule has 158 valence electrons. The lowest BCUT2D eigenvalue weighted by molar-refractivity contribution is -0.136. The Bertz CT molecular complexity index is 888. The Morgan fingerprint density at radius 1 is 1.03 bits per heavy atom. The first kappa shape index (κ1) is 20.4. The largest absolute Gasteiger partial charge is 0.490 e. The van der Waals surface area contributed by atoms with Crippen LogP contribution in [0.15, 0.2) is 48.5 Å². The SMILES string of the molecule is COCC(=O)N1CCC(Oc2ccc(C(=O)NC3CCc4ccccc43)cc2)CC1. The number of carbonyl (C=O) groups excluding carboxylic acids is 2. The zero-order valence-corrected chi connectivity index (χ0v) is 17.3. The smallest absolute Gasteiger partial charge is 0.251 e. The van der Waals surface area contributed by atoms with Crippen LogP contribution in [0.1, 0.15) is 46.8 Å². The number of rotatable bonds is 6. The van der Waals surface area contributed by atoms with E-state index in [2.05, 4.69) is 17.4 Å². The maximum absolute atomic E-state index is 12.7. The summed E-state index contributed by atoms with van der Waals surface area (Å²) in [5, 5.41) is 3.15. The molecular formula is C24H28N2O4. The van der Waals surface area contributed by atoms with Crippen LogP contribution in [0.2, 0.25) is 0 Å². The molecule has 1 aliphatic heterocycles. The first-order valence-electron chi connectivity index (χ1n) is 10.6. The summed E-state index contributed by atoms with van der Waals surface area (Å²) in [7, 11) is 1.53. The summed E-state index contributed by atoms with van der Waals surface area (Å²) in [5.74, 6) is 0.712. The number of carbonyl (C=O) groups is 2. The quantitative estimate of drug-likeness (QED) is 0.798. The number of nitrogens with zero attached hydrogens (tertiary/aromatic N) is 1. The van der Waals surface area contributed by atoms with Gasteiger partial charge in [0.25, 0.3) is 5.91 Å². The van der Waals surface area contributed by atoms with Crippen molar-refractivity contribution in [2.75, 3.05) is 26.8 Å². The van der Waals surface area contributed by atoms with Crippen molar-refractivity contribution in [3.05, 3.63) is 65.2 Å². The van der Waals surface area contributed by atoms with Gasteiger partial charge in [-0.25, -0.2) is 0 Å². The van der Waals surface area contributed by atoms with Gasteiger partial charge in [0.05, 0.1) is 6.04 Å². The van der Waals surface area contributed by atoms with Crippen LogP contribution < -0.4 is 10.1 Å². The van der Waals surface area contributed by atoms with Crippen LogP contribution in [0, 0.1) is 0 Å². The van der Waals surface area contributed by atoms with Gasteiger partial charge in [-0.2, -0.15) is 0 Å². The number of hydrogen-bond donors (Lipinski definition) is 1. The minimum absolute atomic E-state index is 0.0243. The van der Waals surface area contributed by atoms with Gasteiger partial charge in [0.15, 0.2) is 0 Å². The second kappa shape index (κ2) is 9.30. The lowest BCUT2D eigenvalue weighted by atomic mass is 10.1. The predicted molar refractivity (Wildman–Crippen MR) is 114 cm³/mol. The number of amides is 2. The molecule has 30 heavy (non-hydrogen) atoms. The lowest BCUT2D eigenvalue weighted by Gasteiger charge is -2.32. The average Bonchev–Trinajstić information content (AvgIpc) is 3.18. The molecule has 2 aliphatic rings. The van der Waals surface area contributed by atoms with E-state index in [-0.39, 0.29) is 30.6 Å². The molecule has 0 aromatic heterocycles. The fraction of sp³-hybridized carbons (Fsp3) is 0.417. The number of aryl methyl sites for hydroxylation is 1. The summed E-state index contributed by atoms with van der Waals surface area (Å²) in [6, 6.07) is 15.7. The second-order valence-corrected chi connectivity index (χ2v) is 7.92. The van der Waals surface area contributed by atoms with Crippen molar-refractivity contribution in [2.24, 2.45) is 0 Å². The zero-order chi connectivity index (χ0) is 20.9. The number of ether oxygens (including phenoxy) is 2. The third kappa shape index (κ3) is 4.65. The third-order valence-electron chi connectivity index (χ3n) is 5.92. The van der Waals surface area contributed by atoms with Gasteiger partial charge < -0.3 is 19.7 Å². The van der Waals surface area contributed by atoms with Gasteiger partial charge >= 0.3 is 0 Å². The van der Waals surface area contributed by atoms with E-state index in [4.69, 9.17) is 9.47 Å². The highest BCUT2D eigenvalue weighted by molar-refractivity contribution is 5.94. The summed E-state index contributed by atoms with van der Waals surface area (Å²) in [5.41, 5.74) is 3.18.